The Labute approximate surface area is 97.8 Å². The Balaban J connectivity index is 2.35. The molecule has 0 amide bonds. The van der Waals surface area contributed by atoms with Crippen molar-refractivity contribution in [2.45, 2.75) is 5.75 Å². The molecule has 5 nitrogen and oxygen atoms in total. The van der Waals surface area contributed by atoms with E-state index in [1.165, 1.54) is 24.1 Å². The summed E-state index contributed by atoms with van der Waals surface area (Å²) in [5.74, 6) is 0.400. The van der Waals surface area contributed by atoms with Gasteiger partial charge in [-0.15, -0.1) is 0 Å². The largest absolute Gasteiger partial charge is 0.475 e. The van der Waals surface area contributed by atoms with E-state index in [1.54, 1.807) is 6.07 Å². The van der Waals surface area contributed by atoms with Gasteiger partial charge in [-0.3, -0.25) is 0 Å². The Morgan fingerprint density at radius 2 is 2.19 bits per heavy atom. The number of furan rings is 1. The molecule has 0 unspecified atom stereocenters. The second-order valence-electron chi connectivity index (χ2n) is 3.25. The minimum atomic E-state index is -2.93. The van der Waals surface area contributed by atoms with Gasteiger partial charge in [0.15, 0.2) is 0 Å². The topological polar surface area (TPSA) is 84.6 Å². The standard InChI is InChI=1S/C9H12O5S2/c1-16(12,13)5-4-15-6-7-2-3-8(14-7)9(10)11/h2-3H,4-6H2,1H3,(H,10,11). The van der Waals surface area contributed by atoms with E-state index in [9.17, 15) is 13.2 Å². The molecule has 0 atom stereocenters. The summed E-state index contributed by atoms with van der Waals surface area (Å²) in [6.07, 6.45) is 1.18. The van der Waals surface area contributed by atoms with Gasteiger partial charge in [0.05, 0.1) is 11.5 Å². The lowest BCUT2D eigenvalue weighted by molar-refractivity contribution is 0.0661. The molecule has 1 aromatic heterocycles. The summed E-state index contributed by atoms with van der Waals surface area (Å²) >= 11 is 1.39. The van der Waals surface area contributed by atoms with Crippen LogP contribution in [-0.4, -0.2) is 37.3 Å². The number of carbonyl (C=O) groups is 1. The fourth-order valence-electron chi connectivity index (χ4n) is 0.953. The molecule has 0 radical (unpaired) electrons. The van der Waals surface area contributed by atoms with Crippen molar-refractivity contribution in [3.05, 3.63) is 23.7 Å². The number of rotatable bonds is 6. The molecule has 0 aromatic carbocycles. The maximum atomic E-state index is 10.8. The normalized spacial score (nSPS) is 11.6. The van der Waals surface area contributed by atoms with Gasteiger partial charge < -0.3 is 9.52 Å². The molecule has 0 fully saturated rings. The van der Waals surface area contributed by atoms with Crippen LogP contribution in [0.1, 0.15) is 16.3 Å². The highest BCUT2D eigenvalue weighted by atomic mass is 32.2. The predicted molar refractivity (Wildman–Crippen MR) is 61.5 cm³/mol. The van der Waals surface area contributed by atoms with Crippen LogP contribution in [-0.2, 0) is 15.6 Å². The van der Waals surface area contributed by atoms with Gasteiger partial charge in [0.1, 0.15) is 15.6 Å². The summed E-state index contributed by atoms with van der Waals surface area (Å²) in [7, 11) is -2.93. The highest BCUT2D eigenvalue weighted by Gasteiger charge is 2.09. The van der Waals surface area contributed by atoms with E-state index in [2.05, 4.69) is 0 Å². The number of thioether (sulfide) groups is 1. The molecule has 90 valence electrons. The van der Waals surface area contributed by atoms with Gasteiger partial charge >= 0.3 is 5.97 Å². The van der Waals surface area contributed by atoms with Crippen LogP contribution in [0.4, 0.5) is 0 Å². The van der Waals surface area contributed by atoms with Crippen molar-refractivity contribution in [2.75, 3.05) is 17.8 Å². The monoisotopic (exact) mass is 264 g/mol. The zero-order valence-corrected chi connectivity index (χ0v) is 10.3. The first-order valence-corrected chi connectivity index (χ1v) is 7.67. The second kappa shape index (κ2) is 5.40. The van der Waals surface area contributed by atoms with E-state index in [0.717, 1.165) is 0 Å². The number of sulfone groups is 1. The van der Waals surface area contributed by atoms with Crippen LogP contribution in [0.3, 0.4) is 0 Å². The van der Waals surface area contributed by atoms with Crippen LogP contribution in [0.5, 0.6) is 0 Å². The summed E-state index contributed by atoms with van der Waals surface area (Å²) in [4.78, 5) is 10.5. The molecule has 0 bridgehead atoms. The van der Waals surface area contributed by atoms with Gasteiger partial charge in [0, 0.05) is 12.0 Å². The Morgan fingerprint density at radius 1 is 1.50 bits per heavy atom. The number of aromatic carboxylic acids is 1. The van der Waals surface area contributed by atoms with Crippen LogP contribution in [0, 0.1) is 0 Å². The molecule has 0 aliphatic rings. The fourth-order valence-corrected chi connectivity index (χ4v) is 3.14. The third-order valence-corrected chi connectivity index (χ3v) is 3.90. The highest BCUT2D eigenvalue weighted by molar-refractivity contribution is 7.99. The Hall–Kier alpha value is -0.950. The summed E-state index contributed by atoms with van der Waals surface area (Å²) in [5, 5.41) is 8.60. The number of hydrogen-bond donors (Lipinski definition) is 1. The molecular formula is C9H12O5S2. The van der Waals surface area contributed by atoms with Gasteiger partial charge in [-0.05, 0) is 12.1 Å². The summed E-state index contributed by atoms with van der Waals surface area (Å²) in [6.45, 7) is 0. The van der Waals surface area contributed by atoms with Crippen LogP contribution >= 0.6 is 11.8 Å². The molecule has 16 heavy (non-hydrogen) atoms. The van der Waals surface area contributed by atoms with Crippen molar-refractivity contribution >= 4 is 27.6 Å². The molecular weight excluding hydrogens is 252 g/mol. The Morgan fingerprint density at radius 3 is 2.69 bits per heavy atom. The van der Waals surface area contributed by atoms with E-state index in [1.807, 2.05) is 0 Å². The van der Waals surface area contributed by atoms with Gasteiger partial charge in [-0.25, -0.2) is 13.2 Å². The second-order valence-corrected chi connectivity index (χ2v) is 6.62. The third kappa shape index (κ3) is 4.71. The first-order valence-electron chi connectivity index (χ1n) is 4.46. The average molecular weight is 264 g/mol. The molecule has 0 aliphatic heterocycles. The number of hydrogen-bond acceptors (Lipinski definition) is 5. The van der Waals surface area contributed by atoms with Crippen molar-refractivity contribution < 1.29 is 22.7 Å². The predicted octanol–water partition coefficient (Wildman–Crippen LogP) is 1.26. The summed E-state index contributed by atoms with van der Waals surface area (Å²) in [5.41, 5.74) is 0. The van der Waals surface area contributed by atoms with E-state index in [0.29, 0.717) is 17.3 Å². The zero-order valence-electron chi connectivity index (χ0n) is 8.67. The third-order valence-electron chi connectivity index (χ3n) is 1.72. The number of carboxylic acids is 1. The molecule has 7 heteroatoms. The Bertz CT molecular complexity index is 460. The summed E-state index contributed by atoms with van der Waals surface area (Å²) < 4.78 is 26.7. The van der Waals surface area contributed by atoms with Gasteiger partial charge in [0.2, 0.25) is 5.76 Å². The van der Waals surface area contributed by atoms with E-state index in [-0.39, 0.29) is 11.5 Å². The minimum Gasteiger partial charge on any atom is -0.475 e. The van der Waals surface area contributed by atoms with E-state index < -0.39 is 15.8 Å². The SMILES string of the molecule is CS(=O)(=O)CCSCc1ccc(C(=O)O)o1. The van der Waals surface area contributed by atoms with Crippen molar-refractivity contribution in [2.24, 2.45) is 0 Å². The van der Waals surface area contributed by atoms with E-state index in [4.69, 9.17) is 9.52 Å². The quantitative estimate of drug-likeness (QED) is 0.778. The van der Waals surface area contributed by atoms with Gasteiger partial charge in [-0.2, -0.15) is 11.8 Å². The molecule has 1 aromatic rings. The van der Waals surface area contributed by atoms with Crippen molar-refractivity contribution in [1.29, 1.82) is 0 Å². The minimum absolute atomic E-state index is 0.0984. The van der Waals surface area contributed by atoms with E-state index >= 15 is 0 Å². The van der Waals surface area contributed by atoms with Crippen molar-refractivity contribution in [3.63, 3.8) is 0 Å². The van der Waals surface area contributed by atoms with Crippen LogP contribution in [0.25, 0.3) is 0 Å². The van der Waals surface area contributed by atoms with Gasteiger partial charge in [-0.1, -0.05) is 0 Å². The lowest BCUT2D eigenvalue weighted by atomic mass is 10.4. The Kier molecular flexibility index (Phi) is 4.43. The number of carboxylic acid groups (broad SMARTS) is 1. The molecule has 1 rings (SSSR count). The first kappa shape index (κ1) is 13.1. The van der Waals surface area contributed by atoms with Gasteiger partial charge in [0.25, 0.3) is 0 Å². The smallest absolute Gasteiger partial charge is 0.371 e. The average Bonchev–Trinajstić information content (AvgIpc) is 2.59. The van der Waals surface area contributed by atoms with Crippen molar-refractivity contribution in [3.8, 4) is 0 Å². The van der Waals surface area contributed by atoms with Crippen LogP contribution in [0.2, 0.25) is 0 Å². The fraction of sp³-hybridized carbons (Fsp3) is 0.444. The highest BCUT2D eigenvalue weighted by Crippen LogP contribution is 2.15. The molecule has 0 saturated carbocycles. The molecule has 0 saturated heterocycles. The first-order chi connectivity index (χ1) is 7.38. The molecule has 1 N–H and O–H groups in total. The lowest BCUT2D eigenvalue weighted by Gasteiger charge is -1.97. The summed E-state index contributed by atoms with van der Waals surface area (Å²) in [6, 6.07) is 2.96. The maximum Gasteiger partial charge on any atom is 0.371 e. The molecule has 0 aliphatic carbocycles. The lowest BCUT2D eigenvalue weighted by Crippen LogP contribution is -2.05. The zero-order chi connectivity index (χ0) is 12.2. The molecule has 1 heterocycles. The van der Waals surface area contributed by atoms with Crippen LogP contribution in [0.15, 0.2) is 16.5 Å². The maximum absolute atomic E-state index is 10.8. The van der Waals surface area contributed by atoms with Crippen LogP contribution < -0.4 is 0 Å². The van der Waals surface area contributed by atoms with Crippen molar-refractivity contribution in [1.82, 2.24) is 0 Å². The molecule has 0 spiro atoms.